The van der Waals surface area contributed by atoms with Crippen molar-refractivity contribution in [2.24, 2.45) is 10.8 Å². The lowest BCUT2D eigenvalue weighted by atomic mass is 9.58. The summed E-state index contributed by atoms with van der Waals surface area (Å²) in [6, 6.07) is 3.67. The van der Waals surface area contributed by atoms with Crippen molar-refractivity contribution in [1.82, 2.24) is 0 Å². The molecule has 1 aromatic rings. The molecule has 2 bridgehead atoms. The minimum Gasteiger partial charge on any atom is -0.473 e. The van der Waals surface area contributed by atoms with Crippen LogP contribution in [0.15, 0.2) is 52.4 Å². The summed E-state index contributed by atoms with van der Waals surface area (Å²) in [5, 5.41) is 0. The second-order valence-corrected chi connectivity index (χ2v) is 9.80. The van der Waals surface area contributed by atoms with Crippen molar-refractivity contribution in [3.05, 3.63) is 48.0 Å². The second-order valence-electron chi connectivity index (χ2n) is 7.70. The largest absolute Gasteiger partial charge is 0.473 e. The van der Waals surface area contributed by atoms with Gasteiger partial charge in [-0.15, -0.1) is 0 Å². The predicted octanol–water partition coefficient (Wildman–Crippen LogP) is 1.91. The maximum absolute atomic E-state index is 12.0. The first-order valence-electron chi connectivity index (χ1n) is 9.72. The highest BCUT2D eigenvalue weighted by Gasteiger charge is 2.80. The Balaban J connectivity index is 0.000000116. The van der Waals surface area contributed by atoms with E-state index in [0.29, 0.717) is 34.8 Å². The van der Waals surface area contributed by atoms with Crippen LogP contribution in [0.25, 0.3) is 0 Å². The number of hydrogen-bond acceptors (Lipinski definition) is 10. The van der Waals surface area contributed by atoms with E-state index in [1.807, 2.05) is 24.3 Å². The Kier molecular flexibility index (Phi) is 5.10. The van der Waals surface area contributed by atoms with Gasteiger partial charge in [0.15, 0.2) is 0 Å². The quantitative estimate of drug-likeness (QED) is 0.322. The fourth-order valence-corrected chi connectivity index (χ4v) is 7.38. The lowest BCUT2D eigenvalue weighted by Gasteiger charge is -2.41. The molecule has 10 heteroatoms. The molecule has 0 N–H and O–H groups in total. The Labute approximate surface area is 185 Å². The third-order valence-electron chi connectivity index (χ3n) is 6.37. The number of carbonyl (C=O) groups excluding carboxylic acids is 4. The average Bonchev–Trinajstić information content (AvgIpc) is 3.59. The zero-order chi connectivity index (χ0) is 21.6. The summed E-state index contributed by atoms with van der Waals surface area (Å²) in [6.45, 7) is 0. The lowest BCUT2D eigenvalue weighted by Crippen LogP contribution is -2.55. The highest BCUT2D eigenvalue weighted by molar-refractivity contribution is 8.00. The number of thioether (sulfide) groups is 2. The molecule has 4 unspecified atom stereocenters. The van der Waals surface area contributed by atoms with Gasteiger partial charge in [0.1, 0.15) is 10.8 Å². The molecule has 0 radical (unpaired) electrons. The number of carbonyl (C=O) groups is 4. The van der Waals surface area contributed by atoms with E-state index in [-0.39, 0.29) is 24.1 Å². The van der Waals surface area contributed by atoms with Crippen molar-refractivity contribution < 1.29 is 37.8 Å². The molecular formula is C21H18O8S2. The smallest absolute Gasteiger partial charge is 0.343 e. The normalized spacial score (nSPS) is 36.1. The average molecular weight is 463 g/mol. The fourth-order valence-electron chi connectivity index (χ4n) is 4.81. The van der Waals surface area contributed by atoms with Crippen molar-refractivity contribution in [3.8, 4) is 0 Å². The number of hydrogen-bond donors (Lipinski definition) is 0. The third-order valence-corrected chi connectivity index (χ3v) is 8.50. The SMILES string of the molecule is O=C1OC(=O)C23CSCCC12C1C=CC3O1.O=C1OC(=O)C2=C1CSC2.c1ccoc1. The van der Waals surface area contributed by atoms with Crippen molar-refractivity contribution >= 4 is 47.4 Å². The molecule has 0 spiro atoms. The number of fused-ring (bicyclic) bond motifs is 2. The van der Waals surface area contributed by atoms with Gasteiger partial charge in [-0.2, -0.15) is 23.5 Å². The van der Waals surface area contributed by atoms with E-state index in [4.69, 9.17) is 9.47 Å². The molecule has 7 heterocycles. The van der Waals surface area contributed by atoms with Gasteiger partial charge in [-0.25, -0.2) is 9.59 Å². The van der Waals surface area contributed by atoms with Crippen LogP contribution in [0.1, 0.15) is 6.42 Å². The van der Waals surface area contributed by atoms with Gasteiger partial charge in [0.25, 0.3) is 0 Å². The minimum atomic E-state index is -0.730. The molecule has 3 saturated heterocycles. The van der Waals surface area contributed by atoms with Crippen LogP contribution in [0, 0.1) is 10.8 Å². The summed E-state index contributed by atoms with van der Waals surface area (Å²) < 4.78 is 19.6. The fraction of sp³-hybridized carbons (Fsp3) is 0.429. The topological polar surface area (TPSA) is 109 Å². The van der Waals surface area contributed by atoms with E-state index in [2.05, 4.69) is 9.15 Å². The molecule has 8 nitrogen and oxygen atoms in total. The van der Waals surface area contributed by atoms with Gasteiger partial charge in [-0.1, -0.05) is 12.2 Å². The van der Waals surface area contributed by atoms with Crippen LogP contribution in [0.4, 0.5) is 0 Å². The van der Waals surface area contributed by atoms with E-state index in [9.17, 15) is 19.2 Å². The molecule has 7 rings (SSSR count). The van der Waals surface area contributed by atoms with Crippen LogP contribution in [0.2, 0.25) is 0 Å². The second kappa shape index (κ2) is 7.68. The standard InChI is InChI=1S/C11H10O4S.C6H4O3S.C4H4O/c12-8-10-3-4-16-5-11(10,9(13)15-8)7-2-1-6(10)14-7;7-5-3-1-10-2-4(3)6(8)9-5;1-2-4-5-3-1/h1-2,6-7H,3-5H2;1-2H2;1-4H. The van der Waals surface area contributed by atoms with Gasteiger partial charge in [0.05, 0.1) is 35.9 Å². The number of furan rings is 1. The van der Waals surface area contributed by atoms with Gasteiger partial charge in [0.2, 0.25) is 0 Å². The van der Waals surface area contributed by atoms with Gasteiger partial charge in [-0.3, -0.25) is 9.59 Å². The summed E-state index contributed by atoms with van der Waals surface area (Å²) in [6.07, 6.45) is 7.25. The maximum atomic E-state index is 12.0. The molecular weight excluding hydrogens is 444 g/mol. The Bertz CT molecular complexity index is 933. The van der Waals surface area contributed by atoms with Crippen LogP contribution >= 0.6 is 23.5 Å². The molecule has 0 aromatic carbocycles. The predicted molar refractivity (Wildman–Crippen MR) is 110 cm³/mol. The molecule has 6 aliphatic rings. The van der Waals surface area contributed by atoms with Gasteiger partial charge >= 0.3 is 23.9 Å². The summed E-state index contributed by atoms with van der Waals surface area (Å²) >= 11 is 3.29. The summed E-state index contributed by atoms with van der Waals surface area (Å²) in [5.74, 6) is 1.19. The van der Waals surface area contributed by atoms with Crippen LogP contribution in [0.5, 0.6) is 0 Å². The van der Waals surface area contributed by atoms with Crippen molar-refractivity contribution in [3.63, 3.8) is 0 Å². The minimum absolute atomic E-state index is 0.252. The monoisotopic (exact) mass is 462 g/mol. The van der Waals surface area contributed by atoms with Gasteiger partial charge < -0.3 is 18.6 Å². The van der Waals surface area contributed by atoms with Crippen LogP contribution < -0.4 is 0 Å². The first-order chi connectivity index (χ1) is 15.0. The number of ether oxygens (including phenoxy) is 3. The zero-order valence-corrected chi connectivity index (χ0v) is 17.9. The summed E-state index contributed by atoms with van der Waals surface area (Å²) in [7, 11) is 0. The van der Waals surface area contributed by atoms with E-state index < -0.39 is 22.8 Å². The highest BCUT2D eigenvalue weighted by Crippen LogP contribution is 2.66. The molecule has 31 heavy (non-hydrogen) atoms. The van der Waals surface area contributed by atoms with E-state index in [0.717, 1.165) is 5.75 Å². The number of esters is 4. The van der Waals surface area contributed by atoms with Crippen LogP contribution in [-0.4, -0.2) is 59.1 Å². The first kappa shape index (κ1) is 20.6. The first-order valence-corrected chi connectivity index (χ1v) is 12.0. The van der Waals surface area contributed by atoms with Crippen LogP contribution in [-0.2, 0) is 33.4 Å². The molecule has 6 aliphatic heterocycles. The summed E-state index contributed by atoms with van der Waals surface area (Å²) in [4.78, 5) is 45.6. The molecule has 0 saturated carbocycles. The number of rotatable bonds is 0. The van der Waals surface area contributed by atoms with Crippen molar-refractivity contribution in [2.45, 2.75) is 18.6 Å². The number of cyclic esters (lactones) is 4. The van der Waals surface area contributed by atoms with Crippen LogP contribution in [0.3, 0.4) is 0 Å². The molecule has 162 valence electrons. The van der Waals surface area contributed by atoms with E-state index >= 15 is 0 Å². The molecule has 1 aromatic heterocycles. The van der Waals surface area contributed by atoms with E-state index in [1.165, 1.54) is 0 Å². The molecule has 3 fully saturated rings. The molecule has 0 amide bonds. The lowest BCUT2D eigenvalue weighted by molar-refractivity contribution is -0.159. The Hall–Kier alpha value is -2.30. The third kappa shape index (κ3) is 2.88. The highest BCUT2D eigenvalue weighted by atomic mass is 32.2. The van der Waals surface area contributed by atoms with Crippen molar-refractivity contribution in [1.29, 1.82) is 0 Å². The zero-order valence-electron chi connectivity index (χ0n) is 16.2. The van der Waals surface area contributed by atoms with Gasteiger partial charge in [-0.05, 0) is 24.3 Å². The van der Waals surface area contributed by atoms with E-state index in [1.54, 1.807) is 36.1 Å². The Morgan fingerprint density at radius 1 is 0.806 bits per heavy atom. The molecule has 4 atom stereocenters. The Morgan fingerprint density at radius 2 is 1.42 bits per heavy atom. The van der Waals surface area contributed by atoms with Gasteiger partial charge in [0, 0.05) is 17.3 Å². The maximum Gasteiger partial charge on any atom is 0.343 e. The Morgan fingerprint density at radius 3 is 2.00 bits per heavy atom. The summed E-state index contributed by atoms with van der Waals surface area (Å²) in [5.41, 5.74) is -0.286. The molecule has 0 aliphatic carbocycles. The van der Waals surface area contributed by atoms with Crippen molar-refractivity contribution in [2.75, 3.05) is 23.0 Å².